The number of anilines is 1. The molecule has 5 nitrogen and oxygen atoms in total. The summed E-state index contributed by atoms with van der Waals surface area (Å²) in [5.41, 5.74) is 5.83. The van der Waals surface area contributed by atoms with Gasteiger partial charge in [-0.3, -0.25) is 9.78 Å². The summed E-state index contributed by atoms with van der Waals surface area (Å²) in [4.78, 5) is 19.9. The van der Waals surface area contributed by atoms with Gasteiger partial charge in [0.25, 0.3) is 5.91 Å². The highest BCUT2D eigenvalue weighted by atomic mass is 16.1. The Morgan fingerprint density at radius 3 is 2.94 bits per heavy atom. The molecule has 1 fully saturated rings. The Morgan fingerprint density at radius 1 is 1.44 bits per heavy atom. The van der Waals surface area contributed by atoms with Crippen molar-refractivity contribution in [2.75, 3.05) is 5.73 Å². The molecule has 0 saturated heterocycles. The highest BCUT2D eigenvalue weighted by Gasteiger charge is 2.25. The number of carbonyl (C=O) groups is 1. The molecule has 0 spiro atoms. The Balaban J connectivity index is 2.02. The van der Waals surface area contributed by atoms with Crippen molar-refractivity contribution in [2.24, 2.45) is 5.92 Å². The minimum Gasteiger partial charge on any atom is -0.382 e. The summed E-state index contributed by atoms with van der Waals surface area (Å²) in [5, 5.41) is 3.07. The summed E-state index contributed by atoms with van der Waals surface area (Å²) in [6.45, 7) is 2.18. The second kappa shape index (κ2) is 5.80. The maximum Gasteiger partial charge on any atom is 0.271 e. The number of nitrogens with one attached hydrogen (secondary N) is 1. The normalized spacial score (nSPS) is 23.6. The fraction of sp³-hybridized carbons (Fsp3) is 0.615. The number of amides is 1. The SMILES string of the molecule is CCC1CCCCC1NC(=O)c1cncc(N)n1. The van der Waals surface area contributed by atoms with Crippen molar-refractivity contribution in [1.29, 1.82) is 0 Å². The molecule has 3 N–H and O–H groups in total. The molecule has 1 aliphatic carbocycles. The molecular formula is C13H20N4O. The minimum atomic E-state index is -0.167. The molecule has 5 heteroatoms. The molecule has 1 aliphatic rings. The molecule has 0 bridgehead atoms. The van der Waals surface area contributed by atoms with Crippen LogP contribution in [0.4, 0.5) is 5.82 Å². The molecule has 0 aliphatic heterocycles. The lowest BCUT2D eigenvalue weighted by atomic mass is 9.83. The molecule has 1 aromatic rings. The second-order valence-electron chi connectivity index (χ2n) is 4.86. The third kappa shape index (κ3) is 2.97. The molecule has 0 radical (unpaired) electrons. The lowest BCUT2D eigenvalue weighted by Gasteiger charge is -2.31. The summed E-state index contributed by atoms with van der Waals surface area (Å²) < 4.78 is 0. The molecule has 1 aromatic heterocycles. The van der Waals surface area contributed by atoms with Gasteiger partial charge in [0, 0.05) is 6.04 Å². The first-order valence-electron chi connectivity index (χ1n) is 6.59. The highest BCUT2D eigenvalue weighted by Crippen LogP contribution is 2.26. The largest absolute Gasteiger partial charge is 0.382 e. The van der Waals surface area contributed by atoms with Crippen LogP contribution in [0.5, 0.6) is 0 Å². The number of hydrogen-bond donors (Lipinski definition) is 2. The van der Waals surface area contributed by atoms with Crippen LogP contribution in [0.3, 0.4) is 0 Å². The van der Waals surface area contributed by atoms with Crippen LogP contribution in [0.1, 0.15) is 49.5 Å². The molecule has 2 rings (SSSR count). The van der Waals surface area contributed by atoms with Crippen LogP contribution in [0, 0.1) is 5.92 Å². The van der Waals surface area contributed by atoms with Crippen molar-refractivity contribution in [2.45, 2.75) is 45.1 Å². The van der Waals surface area contributed by atoms with Gasteiger partial charge >= 0.3 is 0 Å². The zero-order valence-corrected chi connectivity index (χ0v) is 10.7. The topological polar surface area (TPSA) is 80.9 Å². The van der Waals surface area contributed by atoms with Crippen LogP contribution in [-0.4, -0.2) is 21.9 Å². The van der Waals surface area contributed by atoms with E-state index in [1.807, 2.05) is 0 Å². The van der Waals surface area contributed by atoms with E-state index in [4.69, 9.17) is 5.73 Å². The van der Waals surface area contributed by atoms with E-state index in [2.05, 4.69) is 22.2 Å². The van der Waals surface area contributed by atoms with Crippen LogP contribution in [0.25, 0.3) is 0 Å². The lowest BCUT2D eigenvalue weighted by Crippen LogP contribution is -2.42. The quantitative estimate of drug-likeness (QED) is 0.854. The van der Waals surface area contributed by atoms with Gasteiger partial charge in [-0.2, -0.15) is 0 Å². The molecule has 2 unspecified atom stereocenters. The third-order valence-corrected chi connectivity index (χ3v) is 3.64. The van der Waals surface area contributed by atoms with E-state index in [-0.39, 0.29) is 17.8 Å². The van der Waals surface area contributed by atoms with E-state index in [1.165, 1.54) is 31.7 Å². The summed E-state index contributed by atoms with van der Waals surface area (Å²) in [6.07, 6.45) is 8.70. The number of hydrogen-bond acceptors (Lipinski definition) is 4. The Bertz CT molecular complexity index is 421. The smallest absolute Gasteiger partial charge is 0.271 e. The molecule has 1 saturated carbocycles. The van der Waals surface area contributed by atoms with Crippen LogP contribution in [0.15, 0.2) is 12.4 Å². The minimum absolute atomic E-state index is 0.167. The predicted molar refractivity (Wildman–Crippen MR) is 69.9 cm³/mol. The highest BCUT2D eigenvalue weighted by molar-refractivity contribution is 5.92. The molecule has 18 heavy (non-hydrogen) atoms. The molecular weight excluding hydrogens is 228 g/mol. The van der Waals surface area contributed by atoms with Crippen LogP contribution in [-0.2, 0) is 0 Å². The van der Waals surface area contributed by atoms with Gasteiger partial charge in [0.2, 0.25) is 0 Å². The van der Waals surface area contributed by atoms with Crippen LogP contribution >= 0.6 is 0 Å². The first-order chi connectivity index (χ1) is 8.70. The Kier molecular flexibility index (Phi) is 4.12. The van der Waals surface area contributed by atoms with Gasteiger partial charge in [-0.1, -0.05) is 26.2 Å². The van der Waals surface area contributed by atoms with Crippen molar-refractivity contribution in [1.82, 2.24) is 15.3 Å². The van der Waals surface area contributed by atoms with E-state index in [1.54, 1.807) is 0 Å². The number of nitrogens with two attached hydrogens (primary N) is 1. The summed E-state index contributed by atoms with van der Waals surface area (Å²) in [5.74, 6) is 0.690. The average Bonchev–Trinajstić information content (AvgIpc) is 2.39. The van der Waals surface area contributed by atoms with E-state index < -0.39 is 0 Å². The van der Waals surface area contributed by atoms with Crippen LogP contribution in [0.2, 0.25) is 0 Å². The lowest BCUT2D eigenvalue weighted by molar-refractivity contribution is 0.0899. The first kappa shape index (κ1) is 12.8. The molecule has 0 aromatic carbocycles. The van der Waals surface area contributed by atoms with Gasteiger partial charge in [-0.25, -0.2) is 4.98 Å². The predicted octanol–water partition coefficient (Wildman–Crippen LogP) is 1.76. The maximum atomic E-state index is 12.1. The maximum absolute atomic E-state index is 12.1. The molecule has 1 heterocycles. The standard InChI is InChI=1S/C13H20N4O/c1-2-9-5-3-4-6-10(9)17-13(18)11-7-15-8-12(14)16-11/h7-10H,2-6H2,1H3,(H2,14,16)(H,17,18). The van der Waals surface area contributed by atoms with E-state index in [0.29, 0.717) is 11.6 Å². The summed E-state index contributed by atoms with van der Waals surface area (Å²) in [7, 11) is 0. The monoisotopic (exact) mass is 248 g/mol. The number of nitrogen functional groups attached to an aromatic ring is 1. The van der Waals surface area contributed by atoms with Crippen molar-refractivity contribution >= 4 is 11.7 Å². The Hall–Kier alpha value is -1.65. The number of rotatable bonds is 3. The number of nitrogens with zero attached hydrogens (tertiary/aromatic N) is 2. The number of carbonyl (C=O) groups excluding carboxylic acids is 1. The van der Waals surface area contributed by atoms with Crippen LogP contribution < -0.4 is 11.1 Å². The average molecular weight is 248 g/mol. The van der Waals surface area contributed by atoms with Crippen molar-refractivity contribution in [3.63, 3.8) is 0 Å². The van der Waals surface area contributed by atoms with E-state index >= 15 is 0 Å². The van der Waals surface area contributed by atoms with Gasteiger partial charge < -0.3 is 11.1 Å². The molecule has 2 atom stereocenters. The third-order valence-electron chi connectivity index (χ3n) is 3.64. The van der Waals surface area contributed by atoms with Crippen molar-refractivity contribution in [3.05, 3.63) is 18.1 Å². The zero-order valence-electron chi connectivity index (χ0n) is 10.7. The van der Waals surface area contributed by atoms with Gasteiger partial charge in [0.1, 0.15) is 11.5 Å². The zero-order chi connectivity index (χ0) is 13.0. The van der Waals surface area contributed by atoms with Gasteiger partial charge in [0.15, 0.2) is 0 Å². The van der Waals surface area contributed by atoms with Gasteiger partial charge in [-0.15, -0.1) is 0 Å². The Labute approximate surface area is 107 Å². The van der Waals surface area contributed by atoms with Gasteiger partial charge in [0.05, 0.1) is 12.4 Å². The first-order valence-corrected chi connectivity index (χ1v) is 6.59. The second-order valence-corrected chi connectivity index (χ2v) is 4.86. The summed E-state index contributed by atoms with van der Waals surface area (Å²) >= 11 is 0. The fourth-order valence-electron chi connectivity index (χ4n) is 2.62. The fourth-order valence-corrected chi connectivity index (χ4v) is 2.62. The van der Waals surface area contributed by atoms with Crippen molar-refractivity contribution < 1.29 is 4.79 Å². The van der Waals surface area contributed by atoms with Crippen molar-refractivity contribution in [3.8, 4) is 0 Å². The van der Waals surface area contributed by atoms with E-state index in [9.17, 15) is 4.79 Å². The molecule has 1 amide bonds. The molecule has 98 valence electrons. The Morgan fingerprint density at radius 2 is 2.22 bits per heavy atom. The number of aromatic nitrogens is 2. The van der Waals surface area contributed by atoms with Gasteiger partial charge in [-0.05, 0) is 18.8 Å². The summed E-state index contributed by atoms with van der Waals surface area (Å²) in [6, 6.07) is 0.263. The van der Waals surface area contributed by atoms with E-state index in [0.717, 1.165) is 12.8 Å².